The molecule has 7 nitrogen and oxygen atoms in total. The minimum Gasteiger partial charge on any atom is -0.496 e. The van der Waals surface area contributed by atoms with Crippen LogP contribution in [-0.4, -0.2) is 74.7 Å². The summed E-state index contributed by atoms with van der Waals surface area (Å²) in [4.78, 5) is 28.2. The zero-order valence-corrected chi connectivity index (χ0v) is 14.4. The van der Waals surface area contributed by atoms with E-state index in [0.29, 0.717) is 37.5 Å². The van der Waals surface area contributed by atoms with Gasteiger partial charge in [0, 0.05) is 38.9 Å². The van der Waals surface area contributed by atoms with Gasteiger partial charge in [0.1, 0.15) is 11.8 Å². The Kier molecular flexibility index (Phi) is 6.16. The molecule has 2 rings (SSSR count). The van der Waals surface area contributed by atoms with E-state index in [1.54, 1.807) is 29.0 Å². The third-order valence-electron chi connectivity index (χ3n) is 4.20. The summed E-state index contributed by atoms with van der Waals surface area (Å²) in [6.07, 6.45) is 0. The summed E-state index contributed by atoms with van der Waals surface area (Å²) < 4.78 is 10.2. The molecule has 2 amide bonds. The molecule has 0 radical (unpaired) electrons. The monoisotopic (exact) mass is 335 g/mol. The van der Waals surface area contributed by atoms with Crippen LogP contribution in [0.3, 0.4) is 0 Å². The van der Waals surface area contributed by atoms with E-state index < -0.39 is 6.04 Å². The van der Waals surface area contributed by atoms with Crippen LogP contribution in [0.1, 0.15) is 15.9 Å². The smallest absolute Gasteiger partial charge is 0.254 e. The molecule has 1 saturated heterocycles. The average molecular weight is 335 g/mol. The van der Waals surface area contributed by atoms with E-state index in [1.807, 2.05) is 13.0 Å². The molecule has 1 aliphatic rings. The molecule has 1 heterocycles. The lowest BCUT2D eigenvalue weighted by molar-refractivity contribution is -0.135. The third kappa shape index (κ3) is 4.04. The number of nitrogens with two attached hydrogens (primary N) is 1. The van der Waals surface area contributed by atoms with Crippen LogP contribution in [0.25, 0.3) is 0 Å². The van der Waals surface area contributed by atoms with Gasteiger partial charge in [0.25, 0.3) is 5.91 Å². The van der Waals surface area contributed by atoms with Crippen molar-refractivity contribution in [1.29, 1.82) is 0 Å². The molecule has 0 bridgehead atoms. The van der Waals surface area contributed by atoms with Crippen molar-refractivity contribution in [2.75, 3.05) is 47.0 Å². The van der Waals surface area contributed by atoms with E-state index in [2.05, 4.69) is 0 Å². The zero-order valence-electron chi connectivity index (χ0n) is 14.4. The van der Waals surface area contributed by atoms with E-state index in [4.69, 9.17) is 15.2 Å². The van der Waals surface area contributed by atoms with Crippen LogP contribution in [0.15, 0.2) is 18.2 Å². The molecule has 1 unspecified atom stereocenters. The second-order valence-electron chi connectivity index (χ2n) is 5.86. The van der Waals surface area contributed by atoms with Crippen LogP contribution < -0.4 is 10.5 Å². The molecule has 0 saturated carbocycles. The van der Waals surface area contributed by atoms with Gasteiger partial charge in [-0.2, -0.15) is 0 Å². The maximum absolute atomic E-state index is 12.6. The first-order chi connectivity index (χ1) is 11.5. The predicted octanol–water partition coefficient (Wildman–Crippen LogP) is 0.262. The quantitative estimate of drug-likeness (QED) is 0.834. The molecule has 1 aromatic carbocycles. The second kappa shape index (κ2) is 8.12. The molecular weight excluding hydrogens is 310 g/mol. The number of hydrogen-bond acceptors (Lipinski definition) is 5. The van der Waals surface area contributed by atoms with Crippen molar-refractivity contribution in [3.8, 4) is 5.75 Å². The van der Waals surface area contributed by atoms with Crippen LogP contribution in [0, 0.1) is 6.92 Å². The molecule has 0 aromatic heterocycles. The molecule has 2 N–H and O–H groups in total. The highest BCUT2D eigenvalue weighted by molar-refractivity contribution is 5.95. The minimum atomic E-state index is -0.654. The summed E-state index contributed by atoms with van der Waals surface area (Å²) >= 11 is 0. The fraction of sp³-hybridized carbons (Fsp3) is 0.529. The van der Waals surface area contributed by atoms with Gasteiger partial charge in [-0.25, -0.2) is 0 Å². The second-order valence-corrected chi connectivity index (χ2v) is 5.86. The number of amides is 2. The Morgan fingerprint density at radius 2 is 1.79 bits per heavy atom. The minimum absolute atomic E-state index is 0.0541. The molecular formula is C17H25N3O4. The number of benzene rings is 1. The van der Waals surface area contributed by atoms with Crippen molar-refractivity contribution < 1.29 is 19.1 Å². The van der Waals surface area contributed by atoms with Gasteiger partial charge < -0.3 is 25.0 Å². The predicted molar refractivity (Wildman–Crippen MR) is 90.1 cm³/mol. The summed E-state index contributed by atoms with van der Waals surface area (Å²) in [7, 11) is 3.10. The van der Waals surface area contributed by atoms with E-state index in [-0.39, 0.29) is 18.4 Å². The Bertz CT molecular complexity index is 597. The van der Waals surface area contributed by atoms with Gasteiger partial charge in [-0.15, -0.1) is 0 Å². The van der Waals surface area contributed by atoms with Gasteiger partial charge >= 0.3 is 0 Å². The number of carbonyl (C=O) groups excluding carboxylic acids is 2. The fourth-order valence-corrected chi connectivity index (χ4v) is 2.75. The largest absolute Gasteiger partial charge is 0.496 e. The molecule has 7 heteroatoms. The average Bonchev–Trinajstić information content (AvgIpc) is 2.61. The highest BCUT2D eigenvalue weighted by atomic mass is 16.5. The molecule has 1 atom stereocenters. The van der Waals surface area contributed by atoms with Crippen LogP contribution in [-0.2, 0) is 9.53 Å². The van der Waals surface area contributed by atoms with Gasteiger partial charge in [0.05, 0.1) is 13.7 Å². The highest BCUT2D eigenvalue weighted by Gasteiger charge is 2.27. The summed E-state index contributed by atoms with van der Waals surface area (Å²) in [6.45, 7) is 4.05. The van der Waals surface area contributed by atoms with Crippen molar-refractivity contribution in [2.45, 2.75) is 13.0 Å². The highest BCUT2D eigenvalue weighted by Crippen LogP contribution is 2.20. The number of nitrogens with zero attached hydrogens (tertiary/aromatic N) is 2. The molecule has 24 heavy (non-hydrogen) atoms. The number of hydrogen-bond donors (Lipinski definition) is 1. The maximum atomic E-state index is 12.6. The first-order valence-corrected chi connectivity index (χ1v) is 7.95. The lowest BCUT2D eigenvalue weighted by Gasteiger charge is -2.36. The van der Waals surface area contributed by atoms with Crippen molar-refractivity contribution in [3.63, 3.8) is 0 Å². The summed E-state index contributed by atoms with van der Waals surface area (Å²) in [5, 5.41) is 0. The lowest BCUT2D eigenvalue weighted by atomic mass is 10.1. The molecule has 1 aromatic rings. The Morgan fingerprint density at radius 3 is 2.38 bits per heavy atom. The summed E-state index contributed by atoms with van der Waals surface area (Å²) in [5.74, 6) is 0.503. The molecule has 0 aliphatic carbocycles. The topological polar surface area (TPSA) is 85.1 Å². The van der Waals surface area contributed by atoms with E-state index in [0.717, 1.165) is 5.56 Å². The molecule has 132 valence electrons. The number of rotatable bonds is 5. The SMILES string of the molecule is COCC(N)C(=O)N1CCN(C(=O)c2ccc(C)c(OC)c2)CC1. The van der Waals surface area contributed by atoms with Gasteiger partial charge in [0.2, 0.25) is 5.91 Å². The number of aryl methyl sites for hydroxylation is 1. The fourth-order valence-electron chi connectivity index (χ4n) is 2.75. The summed E-state index contributed by atoms with van der Waals surface area (Å²) in [5.41, 5.74) is 7.35. The Balaban J connectivity index is 1.97. The first-order valence-electron chi connectivity index (χ1n) is 7.95. The van der Waals surface area contributed by atoms with E-state index in [9.17, 15) is 9.59 Å². The zero-order chi connectivity index (χ0) is 17.7. The van der Waals surface area contributed by atoms with Crippen LogP contribution in [0.2, 0.25) is 0 Å². The molecule has 1 aliphatic heterocycles. The number of piperazine rings is 1. The lowest BCUT2D eigenvalue weighted by Crippen LogP contribution is -2.55. The first kappa shape index (κ1) is 18.2. The number of methoxy groups -OCH3 is 2. The number of carbonyl (C=O) groups is 2. The van der Waals surface area contributed by atoms with E-state index in [1.165, 1.54) is 7.11 Å². The van der Waals surface area contributed by atoms with Crippen molar-refractivity contribution in [1.82, 2.24) is 9.80 Å². The molecule has 1 fully saturated rings. The van der Waals surface area contributed by atoms with Gasteiger partial charge in [-0.3, -0.25) is 9.59 Å². The van der Waals surface area contributed by atoms with Crippen molar-refractivity contribution in [3.05, 3.63) is 29.3 Å². The van der Waals surface area contributed by atoms with Gasteiger partial charge in [-0.05, 0) is 24.6 Å². The van der Waals surface area contributed by atoms with Crippen LogP contribution in [0.4, 0.5) is 0 Å². The van der Waals surface area contributed by atoms with Crippen LogP contribution in [0.5, 0.6) is 5.75 Å². The van der Waals surface area contributed by atoms with Gasteiger partial charge in [0.15, 0.2) is 0 Å². The van der Waals surface area contributed by atoms with Gasteiger partial charge in [-0.1, -0.05) is 6.07 Å². The standard InChI is InChI=1S/C17H25N3O4/c1-12-4-5-13(10-15(12)24-3)16(21)19-6-8-20(9-7-19)17(22)14(18)11-23-2/h4-5,10,14H,6-9,11,18H2,1-3H3. The Labute approximate surface area is 142 Å². The Hall–Kier alpha value is -2.12. The number of ether oxygens (including phenoxy) is 2. The van der Waals surface area contributed by atoms with Crippen molar-refractivity contribution >= 4 is 11.8 Å². The van der Waals surface area contributed by atoms with E-state index >= 15 is 0 Å². The molecule has 0 spiro atoms. The Morgan fingerprint density at radius 1 is 1.17 bits per heavy atom. The van der Waals surface area contributed by atoms with Crippen molar-refractivity contribution in [2.24, 2.45) is 5.73 Å². The van der Waals surface area contributed by atoms with Crippen LogP contribution >= 0.6 is 0 Å². The summed E-state index contributed by atoms with van der Waals surface area (Å²) in [6, 6.07) is 4.77. The third-order valence-corrected chi connectivity index (χ3v) is 4.20. The maximum Gasteiger partial charge on any atom is 0.254 e. The normalized spacial score (nSPS) is 16.0.